The molecule has 8 nitrogen and oxygen atoms in total. The van der Waals surface area contributed by atoms with Crippen molar-refractivity contribution in [3.8, 4) is 0 Å². The first-order valence-corrected chi connectivity index (χ1v) is 8.66. The van der Waals surface area contributed by atoms with Crippen molar-refractivity contribution in [3.05, 3.63) is 18.0 Å². The fourth-order valence-corrected chi connectivity index (χ4v) is 3.15. The number of hydrogen-bond donors (Lipinski definition) is 3. The number of alkyl halides is 3. The van der Waals surface area contributed by atoms with Crippen LogP contribution in [0.25, 0.3) is 0 Å². The Balaban J connectivity index is 1.98. The smallest absolute Gasteiger partial charge is 0.286 e. The van der Waals surface area contributed by atoms with E-state index in [0.29, 0.717) is 23.5 Å². The van der Waals surface area contributed by atoms with Crippen LogP contribution >= 0.6 is 0 Å². The van der Waals surface area contributed by atoms with Crippen molar-refractivity contribution in [2.24, 2.45) is 11.8 Å². The maximum absolute atomic E-state index is 12.7. The minimum Gasteiger partial charge on any atom is -0.286 e. The van der Waals surface area contributed by atoms with E-state index in [1.807, 2.05) is 0 Å². The summed E-state index contributed by atoms with van der Waals surface area (Å²) in [4.78, 5) is 30.0. The summed E-state index contributed by atoms with van der Waals surface area (Å²) >= 11 is 0. The number of anilines is 1. The molecule has 0 saturated heterocycles. The molecule has 27 heavy (non-hydrogen) atoms. The summed E-state index contributed by atoms with van der Waals surface area (Å²) in [5.41, 5.74) is 3.37. The topological polar surface area (TPSA) is 107 Å². The van der Waals surface area contributed by atoms with E-state index in [2.05, 4.69) is 20.8 Å². The number of aromatic nitrogens is 2. The Labute approximate surface area is 154 Å². The Kier molecular flexibility index (Phi) is 7.34. The van der Waals surface area contributed by atoms with Gasteiger partial charge in [0.1, 0.15) is 5.69 Å². The SMILES string of the molecule is O=CN(O)CC(CC1CCCCC1)C(=O)NNc1nccc(C(F)(F)F)n1. The molecule has 1 aliphatic carbocycles. The summed E-state index contributed by atoms with van der Waals surface area (Å²) in [6.07, 6.45) is 2.13. The number of amides is 2. The summed E-state index contributed by atoms with van der Waals surface area (Å²) in [7, 11) is 0. The van der Waals surface area contributed by atoms with Crippen LogP contribution in [0.5, 0.6) is 0 Å². The molecule has 1 atom stereocenters. The van der Waals surface area contributed by atoms with Gasteiger partial charge in [-0.25, -0.2) is 15.0 Å². The summed E-state index contributed by atoms with van der Waals surface area (Å²) < 4.78 is 38.0. The third-order valence-electron chi connectivity index (χ3n) is 4.49. The Morgan fingerprint density at radius 3 is 2.70 bits per heavy atom. The molecule has 1 unspecified atom stereocenters. The van der Waals surface area contributed by atoms with Crippen LogP contribution < -0.4 is 10.9 Å². The van der Waals surface area contributed by atoms with E-state index in [4.69, 9.17) is 0 Å². The Bertz CT molecular complexity index is 638. The average Bonchev–Trinajstić information content (AvgIpc) is 2.65. The Morgan fingerprint density at radius 2 is 2.07 bits per heavy atom. The Morgan fingerprint density at radius 1 is 1.37 bits per heavy atom. The van der Waals surface area contributed by atoms with Crippen LogP contribution in [-0.4, -0.2) is 39.1 Å². The number of nitrogens with one attached hydrogen (secondary N) is 2. The van der Waals surface area contributed by atoms with E-state index in [-0.39, 0.29) is 13.0 Å². The normalized spacial score (nSPS) is 16.4. The number of carbonyl (C=O) groups excluding carboxylic acids is 2. The zero-order chi connectivity index (χ0) is 19.9. The number of halogens is 3. The second kappa shape index (κ2) is 9.49. The van der Waals surface area contributed by atoms with E-state index < -0.39 is 29.6 Å². The van der Waals surface area contributed by atoms with Gasteiger partial charge in [0.2, 0.25) is 18.3 Å². The zero-order valence-electron chi connectivity index (χ0n) is 14.6. The molecule has 3 N–H and O–H groups in total. The summed E-state index contributed by atoms with van der Waals surface area (Å²) in [5.74, 6) is -1.41. The molecule has 1 aromatic rings. The summed E-state index contributed by atoms with van der Waals surface area (Å²) in [6.45, 7) is -0.211. The van der Waals surface area contributed by atoms with Crippen LogP contribution in [0.4, 0.5) is 19.1 Å². The number of hydroxylamine groups is 2. The van der Waals surface area contributed by atoms with Gasteiger partial charge in [-0.1, -0.05) is 32.1 Å². The summed E-state index contributed by atoms with van der Waals surface area (Å²) in [6, 6.07) is 0.715. The van der Waals surface area contributed by atoms with Crippen molar-refractivity contribution in [3.63, 3.8) is 0 Å². The second-order valence-corrected chi connectivity index (χ2v) is 6.54. The highest BCUT2D eigenvalue weighted by Crippen LogP contribution is 2.30. The van der Waals surface area contributed by atoms with E-state index in [9.17, 15) is 28.0 Å². The van der Waals surface area contributed by atoms with Crippen molar-refractivity contribution in [1.29, 1.82) is 0 Å². The van der Waals surface area contributed by atoms with Crippen LogP contribution in [0.1, 0.15) is 44.2 Å². The highest BCUT2D eigenvalue weighted by molar-refractivity contribution is 5.80. The maximum Gasteiger partial charge on any atom is 0.433 e. The van der Waals surface area contributed by atoms with Crippen LogP contribution in [0.15, 0.2) is 12.3 Å². The van der Waals surface area contributed by atoms with Gasteiger partial charge in [0, 0.05) is 6.20 Å². The molecule has 0 aromatic carbocycles. The van der Waals surface area contributed by atoms with E-state index in [0.717, 1.165) is 38.3 Å². The highest BCUT2D eigenvalue weighted by atomic mass is 19.4. The molecular weight excluding hydrogens is 367 g/mol. The van der Waals surface area contributed by atoms with Crippen molar-refractivity contribution in [2.75, 3.05) is 12.0 Å². The molecule has 2 rings (SSSR count). The van der Waals surface area contributed by atoms with Crippen molar-refractivity contribution in [2.45, 2.75) is 44.7 Å². The largest absolute Gasteiger partial charge is 0.433 e. The van der Waals surface area contributed by atoms with E-state index >= 15 is 0 Å². The van der Waals surface area contributed by atoms with Gasteiger partial charge in [0.05, 0.1) is 12.5 Å². The van der Waals surface area contributed by atoms with E-state index in [1.54, 1.807) is 0 Å². The van der Waals surface area contributed by atoms with Crippen LogP contribution in [0.3, 0.4) is 0 Å². The number of hydrazine groups is 1. The fraction of sp³-hybridized carbons (Fsp3) is 0.625. The first kappa shape index (κ1) is 20.9. The highest BCUT2D eigenvalue weighted by Gasteiger charge is 2.33. The summed E-state index contributed by atoms with van der Waals surface area (Å²) in [5, 5.41) is 9.82. The third-order valence-corrected chi connectivity index (χ3v) is 4.49. The van der Waals surface area contributed by atoms with Gasteiger partial charge in [-0.05, 0) is 18.4 Å². The number of nitrogens with zero attached hydrogens (tertiary/aromatic N) is 3. The molecule has 150 valence electrons. The molecule has 1 aromatic heterocycles. The first-order chi connectivity index (χ1) is 12.8. The maximum atomic E-state index is 12.7. The predicted octanol–water partition coefficient (Wildman–Crippen LogP) is 2.37. The Hall–Kier alpha value is -2.43. The van der Waals surface area contributed by atoms with Gasteiger partial charge < -0.3 is 0 Å². The molecule has 1 aliphatic rings. The molecule has 1 heterocycles. The monoisotopic (exact) mass is 389 g/mol. The molecule has 0 bridgehead atoms. The molecule has 11 heteroatoms. The standard InChI is InChI=1S/C16H22F3N5O3/c17-16(18,19)13-6-7-20-15(21-13)23-22-14(26)12(9-24(27)10-25)8-11-4-2-1-3-5-11/h6-7,10-12,27H,1-5,8-9H2,(H,22,26)(H,20,21,23). The lowest BCUT2D eigenvalue weighted by Gasteiger charge is -2.27. The van der Waals surface area contributed by atoms with Gasteiger partial charge in [0.25, 0.3) is 0 Å². The van der Waals surface area contributed by atoms with Crippen molar-refractivity contribution >= 4 is 18.3 Å². The van der Waals surface area contributed by atoms with E-state index in [1.165, 1.54) is 0 Å². The molecular formula is C16H22F3N5O3. The van der Waals surface area contributed by atoms with Gasteiger partial charge >= 0.3 is 6.18 Å². The molecule has 0 aliphatic heterocycles. The van der Waals surface area contributed by atoms with Gasteiger partial charge in [-0.15, -0.1) is 0 Å². The molecule has 0 spiro atoms. The van der Waals surface area contributed by atoms with Crippen molar-refractivity contribution in [1.82, 2.24) is 20.5 Å². The van der Waals surface area contributed by atoms with Gasteiger partial charge in [-0.3, -0.25) is 25.6 Å². The second-order valence-electron chi connectivity index (χ2n) is 6.54. The third kappa shape index (κ3) is 6.66. The van der Waals surface area contributed by atoms with Gasteiger partial charge in [-0.2, -0.15) is 13.2 Å². The van der Waals surface area contributed by atoms with Crippen LogP contribution in [0, 0.1) is 11.8 Å². The first-order valence-electron chi connectivity index (χ1n) is 8.66. The van der Waals surface area contributed by atoms with Crippen molar-refractivity contribution < 1.29 is 28.0 Å². The molecule has 1 saturated carbocycles. The molecule has 1 fully saturated rings. The lowest BCUT2D eigenvalue weighted by atomic mass is 9.82. The quantitative estimate of drug-likeness (QED) is 0.358. The minimum atomic E-state index is -4.63. The minimum absolute atomic E-state index is 0.199. The molecule has 2 amide bonds. The number of hydrogen-bond acceptors (Lipinski definition) is 6. The lowest BCUT2D eigenvalue weighted by Crippen LogP contribution is -2.41. The predicted molar refractivity (Wildman–Crippen MR) is 88.0 cm³/mol. The lowest BCUT2D eigenvalue weighted by molar-refractivity contribution is -0.155. The van der Waals surface area contributed by atoms with Crippen LogP contribution in [0.2, 0.25) is 0 Å². The number of rotatable bonds is 8. The van der Waals surface area contributed by atoms with Gasteiger partial charge in [0.15, 0.2) is 0 Å². The fourth-order valence-electron chi connectivity index (χ4n) is 3.15. The number of carbonyl (C=O) groups is 2. The average molecular weight is 389 g/mol. The van der Waals surface area contributed by atoms with Crippen LogP contribution in [-0.2, 0) is 15.8 Å². The zero-order valence-corrected chi connectivity index (χ0v) is 14.6. The molecule has 0 radical (unpaired) electrons.